The standard InChI is InChI=1S/C23H18ClN3O2/c1-13-23(14(2)29-26-13)18-10-21-17(11-22(18)28-3)19-12-25-8-7-20(19)27(21)16-6-4-5-15(24)9-16/h4-12H,1-3H3. The number of methoxy groups -OCH3 is 1. The van der Waals surface area contributed by atoms with Crippen molar-refractivity contribution < 1.29 is 9.26 Å². The van der Waals surface area contributed by atoms with Crippen LogP contribution in [0, 0.1) is 13.8 Å². The summed E-state index contributed by atoms with van der Waals surface area (Å²) in [5.41, 5.74) is 5.78. The summed E-state index contributed by atoms with van der Waals surface area (Å²) in [4.78, 5) is 4.34. The van der Waals surface area contributed by atoms with Crippen molar-refractivity contribution in [2.45, 2.75) is 13.8 Å². The number of fused-ring (bicyclic) bond motifs is 3. The molecule has 0 radical (unpaired) electrons. The molecule has 0 saturated heterocycles. The van der Waals surface area contributed by atoms with E-state index in [9.17, 15) is 0 Å². The molecule has 0 unspecified atom stereocenters. The van der Waals surface area contributed by atoms with Crippen LogP contribution in [0.25, 0.3) is 38.6 Å². The molecule has 5 aromatic rings. The van der Waals surface area contributed by atoms with Crippen LogP contribution in [0.3, 0.4) is 0 Å². The van der Waals surface area contributed by atoms with E-state index in [0.29, 0.717) is 5.02 Å². The molecule has 0 amide bonds. The van der Waals surface area contributed by atoms with Gasteiger partial charge in [0.25, 0.3) is 0 Å². The van der Waals surface area contributed by atoms with Crippen LogP contribution in [0.2, 0.25) is 5.02 Å². The Balaban J connectivity index is 1.94. The highest BCUT2D eigenvalue weighted by Gasteiger charge is 2.20. The number of rotatable bonds is 3. The first-order chi connectivity index (χ1) is 14.1. The van der Waals surface area contributed by atoms with Gasteiger partial charge in [-0.1, -0.05) is 22.8 Å². The van der Waals surface area contributed by atoms with Crippen molar-refractivity contribution >= 4 is 33.4 Å². The first-order valence-corrected chi connectivity index (χ1v) is 9.61. The Morgan fingerprint density at radius 2 is 1.90 bits per heavy atom. The third-order valence-electron chi connectivity index (χ3n) is 5.26. The molecule has 0 aliphatic rings. The quantitative estimate of drug-likeness (QED) is 0.364. The van der Waals surface area contributed by atoms with Crippen molar-refractivity contribution in [2.24, 2.45) is 0 Å². The van der Waals surface area contributed by atoms with Crippen LogP contribution in [-0.2, 0) is 0 Å². The number of nitrogens with zero attached hydrogens (tertiary/aromatic N) is 3. The van der Waals surface area contributed by atoms with Crippen LogP contribution in [-0.4, -0.2) is 21.8 Å². The fraction of sp³-hybridized carbons (Fsp3) is 0.130. The molecule has 0 aliphatic carbocycles. The number of aromatic nitrogens is 3. The van der Waals surface area contributed by atoms with Gasteiger partial charge in [-0.3, -0.25) is 4.98 Å². The molecule has 3 aromatic heterocycles. The summed E-state index contributed by atoms with van der Waals surface area (Å²) in [5.74, 6) is 1.52. The first kappa shape index (κ1) is 17.8. The zero-order valence-corrected chi connectivity index (χ0v) is 17.0. The van der Waals surface area contributed by atoms with E-state index >= 15 is 0 Å². The highest BCUT2D eigenvalue weighted by Crippen LogP contribution is 2.41. The number of hydrogen-bond acceptors (Lipinski definition) is 4. The van der Waals surface area contributed by atoms with E-state index in [1.165, 1.54) is 0 Å². The van der Waals surface area contributed by atoms with Crippen molar-refractivity contribution in [3.63, 3.8) is 0 Å². The van der Waals surface area contributed by atoms with E-state index in [0.717, 1.165) is 55.8 Å². The Labute approximate surface area is 172 Å². The fourth-order valence-corrected chi connectivity index (χ4v) is 4.20. The summed E-state index contributed by atoms with van der Waals surface area (Å²) in [6, 6.07) is 14.0. The molecule has 0 bridgehead atoms. The molecular formula is C23H18ClN3O2. The molecule has 5 nitrogen and oxygen atoms in total. The Morgan fingerprint density at radius 3 is 2.62 bits per heavy atom. The minimum absolute atomic E-state index is 0.686. The second-order valence-electron chi connectivity index (χ2n) is 6.98. The summed E-state index contributed by atoms with van der Waals surface area (Å²) in [7, 11) is 1.68. The first-order valence-electron chi connectivity index (χ1n) is 9.24. The van der Waals surface area contributed by atoms with Gasteiger partial charge in [-0.2, -0.15) is 0 Å². The number of halogens is 1. The van der Waals surface area contributed by atoms with Gasteiger partial charge < -0.3 is 13.8 Å². The number of aryl methyl sites for hydroxylation is 2. The van der Waals surface area contributed by atoms with E-state index in [1.54, 1.807) is 13.3 Å². The Bertz CT molecular complexity index is 1360. The lowest BCUT2D eigenvalue weighted by atomic mass is 10.0. The minimum atomic E-state index is 0.686. The lowest BCUT2D eigenvalue weighted by Crippen LogP contribution is -1.95. The highest BCUT2D eigenvalue weighted by atomic mass is 35.5. The van der Waals surface area contributed by atoms with Gasteiger partial charge in [0.2, 0.25) is 0 Å². The maximum atomic E-state index is 6.30. The maximum absolute atomic E-state index is 6.30. The van der Waals surface area contributed by atoms with Crippen LogP contribution in [0.4, 0.5) is 0 Å². The molecule has 5 rings (SSSR count). The van der Waals surface area contributed by atoms with E-state index in [-0.39, 0.29) is 0 Å². The fourth-order valence-electron chi connectivity index (χ4n) is 4.01. The second-order valence-corrected chi connectivity index (χ2v) is 7.41. The van der Waals surface area contributed by atoms with Crippen molar-refractivity contribution in [3.8, 4) is 22.6 Å². The van der Waals surface area contributed by atoms with E-state index in [2.05, 4.69) is 26.8 Å². The Hall–Kier alpha value is -3.31. The van der Waals surface area contributed by atoms with E-state index in [4.69, 9.17) is 20.9 Å². The molecule has 2 aromatic carbocycles. The normalized spacial score (nSPS) is 11.4. The van der Waals surface area contributed by atoms with Crippen LogP contribution in [0.15, 0.2) is 59.4 Å². The molecular weight excluding hydrogens is 386 g/mol. The van der Waals surface area contributed by atoms with Crippen molar-refractivity contribution in [3.05, 3.63) is 71.3 Å². The Kier molecular flexibility index (Phi) is 4.07. The molecule has 0 atom stereocenters. The van der Waals surface area contributed by atoms with Crippen molar-refractivity contribution in [1.82, 2.24) is 14.7 Å². The molecule has 0 saturated carbocycles. The largest absolute Gasteiger partial charge is 0.496 e. The predicted molar refractivity (Wildman–Crippen MR) is 115 cm³/mol. The summed E-state index contributed by atoms with van der Waals surface area (Å²) < 4.78 is 13.4. The van der Waals surface area contributed by atoms with Crippen LogP contribution >= 0.6 is 11.6 Å². The maximum Gasteiger partial charge on any atom is 0.141 e. The van der Waals surface area contributed by atoms with E-state index < -0.39 is 0 Å². The Morgan fingerprint density at radius 1 is 1.03 bits per heavy atom. The van der Waals surface area contributed by atoms with Gasteiger partial charge in [0.15, 0.2) is 0 Å². The summed E-state index contributed by atoms with van der Waals surface area (Å²) >= 11 is 6.30. The average Bonchev–Trinajstić information content (AvgIpc) is 3.23. The molecule has 0 N–H and O–H groups in total. The zero-order chi connectivity index (χ0) is 20.1. The van der Waals surface area contributed by atoms with Gasteiger partial charge in [0.1, 0.15) is 11.5 Å². The van der Waals surface area contributed by atoms with Crippen molar-refractivity contribution in [2.75, 3.05) is 7.11 Å². The molecule has 6 heteroatoms. The topological polar surface area (TPSA) is 53.1 Å². The summed E-state index contributed by atoms with van der Waals surface area (Å²) in [6.45, 7) is 3.85. The predicted octanol–water partition coefficient (Wildman–Crippen LogP) is 6.11. The van der Waals surface area contributed by atoms with Crippen LogP contribution in [0.1, 0.15) is 11.5 Å². The summed E-state index contributed by atoms with van der Waals surface area (Å²) in [5, 5.41) is 6.91. The van der Waals surface area contributed by atoms with Gasteiger partial charge in [0.05, 0.1) is 29.4 Å². The number of ether oxygens (including phenoxy) is 1. The average molecular weight is 404 g/mol. The molecule has 3 heterocycles. The number of benzene rings is 2. The molecule has 0 aliphatic heterocycles. The molecule has 0 fully saturated rings. The monoisotopic (exact) mass is 403 g/mol. The lowest BCUT2D eigenvalue weighted by molar-refractivity contribution is 0.393. The number of pyridine rings is 1. The highest BCUT2D eigenvalue weighted by molar-refractivity contribution is 6.30. The second kappa shape index (κ2) is 6.64. The third kappa shape index (κ3) is 2.69. The van der Waals surface area contributed by atoms with Gasteiger partial charge in [-0.25, -0.2) is 0 Å². The van der Waals surface area contributed by atoms with Gasteiger partial charge in [-0.15, -0.1) is 0 Å². The number of hydrogen-bond donors (Lipinski definition) is 0. The van der Waals surface area contributed by atoms with Gasteiger partial charge in [0, 0.05) is 39.4 Å². The smallest absolute Gasteiger partial charge is 0.141 e. The van der Waals surface area contributed by atoms with E-state index in [1.807, 2.05) is 50.4 Å². The molecule has 0 spiro atoms. The molecule has 29 heavy (non-hydrogen) atoms. The lowest BCUT2D eigenvalue weighted by Gasteiger charge is -2.12. The summed E-state index contributed by atoms with van der Waals surface area (Å²) in [6.07, 6.45) is 3.68. The van der Waals surface area contributed by atoms with Crippen LogP contribution in [0.5, 0.6) is 5.75 Å². The minimum Gasteiger partial charge on any atom is -0.496 e. The van der Waals surface area contributed by atoms with Crippen molar-refractivity contribution in [1.29, 1.82) is 0 Å². The van der Waals surface area contributed by atoms with Gasteiger partial charge in [-0.05, 0) is 50.2 Å². The SMILES string of the molecule is COc1cc2c3cnccc3n(-c3cccc(Cl)c3)c2cc1-c1c(C)noc1C. The molecule has 144 valence electrons. The third-order valence-corrected chi connectivity index (χ3v) is 5.49. The zero-order valence-electron chi connectivity index (χ0n) is 16.2. The van der Waals surface area contributed by atoms with Crippen LogP contribution < -0.4 is 4.74 Å². The van der Waals surface area contributed by atoms with Gasteiger partial charge >= 0.3 is 0 Å².